The number of rotatable bonds is 2. The van der Waals surface area contributed by atoms with Crippen molar-refractivity contribution in [3.63, 3.8) is 0 Å². The van der Waals surface area contributed by atoms with E-state index in [-0.39, 0.29) is 0 Å². The van der Waals surface area contributed by atoms with E-state index in [1.807, 2.05) is 25.1 Å². The van der Waals surface area contributed by atoms with Gasteiger partial charge < -0.3 is 10.5 Å². The van der Waals surface area contributed by atoms with Gasteiger partial charge >= 0.3 is 0 Å². The van der Waals surface area contributed by atoms with E-state index >= 15 is 0 Å². The first-order valence-corrected chi connectivity index (χ1v) is 5.09. The van der Waals surface area contributed by atoms with Crippen LogP contribution in [0.1, 0.15) is 11.1 Å². The molecule has 0 radical (unpaired) electrons. The van der Waals surface area contributed by atoms with E-state index in [0.717, 1.165) is 5.56 Å². The van der Waals surface area contributed by atoms with Gasteiger partial charge in [0.05, 0.1) is 11.3 Å². The Morgan fingerprint density at radius 3 is 2.76 bits per heavy atom. The van der Waals surface area contributed by atoms with Gasteiger partial charge in [-0.15, -0.1) is 0 Å². The lowest BCUT2D eigenvalue weighted by molar-refractivity contribution is 0.465. The zero-order valence-electron chi connectivity index (χ0n) is 9.34. The SMILES string of the molecule is Cc1ccc(N)c(Oc2ccc(C#N)cn2)c1. The van der Waals surface area contributed by atoms with Crippen LogP contribution in [0, 0.1) is 18.3 Å². The first-order valence-electron chi connectivity index (χ1n) is 5.09. The summed E-state index contributed by atoms with van der Waals surface area (Å²) in [5, 5.41) is 8.65. The molecule has 1 aromatic heterocycles. The summed E-state index contributed by atoms with van der Waals surface area (Å²) in [5.74, 6) is 0.989. The van der Waals surface area contributed by atoms with Crippen LogP contribution in [-0.2, 0) is 0 Å². The van der Waals surface area contributed by atoms with E-state index in [1.54, 1.807) is 18.2 Å². The van der Waals surface area contributed by atoms with Gasteiger partial charge in [0.2, 0.25) is 5.88 Å². The lowest BCUT2D eigenvalue weighted by Gasteiger charge is -2.08. The average molecular weight is 225 g/mol. The Balaban J connectivity index is 2.25. The third-order valence-corrected chi connectivity index (χ3v) is 2.25. The molecule has 84 valence electrons. The van der Waals surface area contributed by atoms with Crippen LogP contribution in [0.3, 0.4) is 0 Å². The summed E-state index contributed by atoms with van der Waals surface area (Å²) in [6.07, 6.45) is 1.46. The quantitative estimate of drug-likeness (QED) is 0.797. The number of ether oxygens (including phenoxy) is 1. The summed E-state index contributed by atoms with van der Waals surface area (Å²) in [7, 11) is 0. The second-order valence-electron chi connectivity index (χ2n) is 3.64. The summed E-state index contributed by atoms with van der Waals surface area (Å²) >= 11 is 0. The molecule has 2 aromatic rings. The lowest BCUT2D eigenvalue weighted by atomic mass is 10.2. The topological polar surface area (TPSA) is 71.9 Å². The Morgan fingerprint density at radius 2 is 2.12 bits per heavy atom. The number of nitriles is 1. The number of hydrogen-bond donors (Lipinski definition) is 1. The molecule has 4 heteroatoms. The first-order chi connectivity index (χ1) is 8.19. The van der Waals surface area contributed by atoms with Gasteiger partial charge in [0.25, 0.3) is 0 Å². The first kappa shape index (κ1) is 11.0. The number of aryl methyl sites for hydroxylation is 1. The molecule has 0 saturated carbocycles. The number of nitrogens with zero attached hydrogens (tertiary/aromatic N) is 2. The van der Waals surface area contributed by atoms with Gasteiger partial charge in [-0.3, -0.25) is 0 Å². The smallest absolute Gasteiger partial charge is 0.219 e. The summed E-state index contributed by atoms with van der Waals surface area (Å²) < 4.78 is 5.54. The van der Waals surface area contributed by atoms with Crippen LogP contribution in [0.15, 0.2) is 36.5 Å². The highest BCUT2D eigenvalue weighted by atomic mass is 16.5. The van der Waals surface area contributed by atoms with Crippen molar-refractivity contribution in [3.05, 3.63) is 47.7 Å². The Morgan fingerprint density at radius 1 is 1.29 bits per heavy atom. The molecule has 0 unspecified atom stereocenters. The maximum absolute atomic E-state index is 8.65. The average Bonchev–Trinajstić information content (AvgIpc) is 2.35. The molecule has 0 fully saturated rings. The minimum Gasteiger partial charge on any atom is -0.437 e. The van der Waals surface area contributed by atoms with E-state index < -0.39 is 0 Å². The molecular formula is C13H11N3O. The summed E-state index contributed by atoms with van der Waals surface area (Å²) in [6, 6.07) is 10.8. The second kappa shape index (κ2) is 4.54. The molecule has 17 heavy (non-hydrogen) atoms. The molecule has 0 saturated heterocycles. The molecule has 4 nitrogen and oxygen atoms in total. The van der Waals surface area contributed by atoms with Crippen LogP contribution in [0.5, 0.6) is 11.6 Å². The molecule has 1 aromatic carbocycles. The van der Waals surface area contributed by atoms with Crippen molar-refractivity contribution < 1.29 is 4.74 Å². The van der Waals surface area contributed by atoms with Gasteiger partial charge in [0.1, 0.15) is 6.07 Å². The van der Waals surface area contributed by atoms with Crippen LogP contribution < -0.4 is 10.5 Å². The van der Waals surface area contributed by atoms with E-state index in [9.17, 15) is 0 Å². The fourth-order valence-corrected chi connectivity index (χ4v) is 1.35. The van der Waals surface area contributed by atoms with Crippen molar-refractivity contribution in [1.82, 2.24) is 4.98 Å². The van der Waals surface area contributed by atoms with Gasteiger partial charge in [-0.1, -0.05) is 6.07 Å². The van der Waals surface area contributed by atoms with Gasteiger partial charge in [-0.05, 0) is 30.7 Å². The Bertz CT molecular complexity index is 570. The number of hydrogen-bond acceptors (Lipinski definition) is 4. The van der Waals surface area contributed by atoms with E-state index in [0.29, 0.717) is 22.9 Å². The zero-order chi connectivity index (χ0) is 12.3. The van der Waals surface area contributed by atoms with Crippen molar-refractivity contribution in [1.29, 1.82) is 5.26 Å². The van der Waals surface area contributed by atoms with Gasteiger partial charge in [0, 0.05) is 12.3 Å². The van der Waals surface area contributed by atoms with Gasteiger partial charge in [-0.25, -0.2) is 4.98 Å². The lowest BCUT2D eigenvalue weighted by Crippen LogP contribution is -1.94. The predicted octanol–water partition coefficient (Wildman–Crippen LogP) is 2.64. The third kappa shape index (κ3) is 2.52. The van der Waals surface area contributed by atoms with Crippen molar-refractivity contribution >= 4 is 5.69 Å². The number of aromatic nitrogens is 1. The molecular weight excluding hydrogens is 214 g/mol. The second-order valence-corrected chi connectivity index (χ2v) is 3.64. The minimum absolute atomic E-state index is 0.418. The molecule has 2 rings (SSSR count). The largest absolute Gasteiger partial charge is 0.437 e. The summed E-state index contributed by atoms with van der Waals surface area (Å²) in [5.41, 5.74) is 7.90. The van der Waals surface area contributed by atoms with Gasteiger partial charge in [-0.2, -0.15) is 5.26 Å². The fraction of sp³-hybridized carbons (Fsp3) is 0.0769. The zero-order valence-corrected chi connectivity index (χ0v) is 9.34. The summed E-state index contributed by atoms with van der Waals surface area (Å²) in [4.78, 5) is 4.02. The standard InChI is InChI=1S/C13H11N3O/c1-9-2-4-11(15)12(6-9)17-13-5-3-10(7-14)8-16-13/h2-6,8H,15H2,1H3. The van der Waals surface area contributed by atoms with Crippen LogP contribution >= 0.6 is 0 Å². The monoisotopic (exact) mass is 225 g/mol. The highest BCUT2D eigenvalue weighted by Gasteiger charge is 2.03. The Hall–Kier alpha value is -2.54. The maximum atomic E-state index is 8.65. The number of benzene rings is 1. The normalized spacial score (nSPS) is 9.65. The van der Waals surface area contributed by atoms with E-state index in [4.69, 9.17) is 15.7 Å². The molecule has 1 heterocycles. The highest BCUT2D eigenvalue weighted by molar-refractivity contribution is 5.54. The third-order valence-electron chi connectivity index (χ3n) is 2.25. The molecule has 0 aliphatic rings. The molecule has 2 N–H and O–H groups in total. The Labute approximate surface area is 99.3 Å². The Kier molecular flexibility index (Phi) is 2.93. The summed E-state index contributed by atoms with van der Waals surface area (Å²) in [6.45, 7) is 1.96. The van der Waals surface area contributed by atoms with Crippen molar-refractivity contribution in [2.24, 2.45) is 0 Å². The number of nitrogens with two attached hydrogens (primary N) is 1. The van der Waals surface area contributed by atoms with Crippen molar-refractivity contribution in [2.75, 3.05) is 5.73 Å². The van der Waals surface area contributed by atoms with Gasteiger partial charge in [0.15, 0.2) is 5.75 Å². The van der Waals surface area contributed by atoms with Crippen LogP contribution in [0.25, 0.3) is 0 Å². The minimum atomic E-state index is 0.418. The van der Waals surface area contributed by atoms with Crippen LogP contribution in [-0.4, -0.2) is 4.98 Å². The van der Waals surface area contributed by atoms with E-state index in [1.165, 1.54) is 6.20 Å². The van der Waals surface area contributed by atoms with E-state index in [2.05, 4.69) is 4.98 Å². The fourth-order valence-electron chi connectivity index (χ4n) is 1.35. The number of anilines is 1. The van der Waals surface area contributed by atoms with Crippen molar-refractivity contribution in [2.45, 2.75) is 6.92 Å². The predicted molar refractivity (Wildman–Crippen MR) is 64.6 cm³/mol. The maximum Gasteiger partial charge on any atom is 0.219 e. The van der Waals surface area contributed by atoms with Crippen LogP contribution in [0.2, 0.25) is 0 Å². The van der Waals surface area contributed by atoms with Crippen molar-refractivity contribution in [3.8, 4) is 17.7 Å². The molecule has 0 atom stereocenters. The molecule has 0 spiro atoms. The number of nitrogen functional groups attached to an aromatic ring is 1. The molecule has 0 amide bonds. The highest BCUT2D eigenvalue weighted by Crippen LogP contribution is 2.27. The molecule has 0 aliphatic carbocycles. The molecule has 0 bridgehead atoms. The number of pyridine rings is 1. The van der Waals surface area contributed by atoms with Crippen LogP contribution in [0.4, 0.5) is 5.69 Å². The molecule has 0 aliphatic heterocycles.